The normalized spacial score (nSPS) is 14.7. The Bertz CT molecular complexity index is 602. The molecule has 5 nitrogen and oxygen atoms in total. The Morgan fingerprint density at radius 3 is 2.48 bits per heavy atom. The number of carbonyl (C=O) groups is 1. The standard InChI is InChI=1S/C18H23N3O2/c22-18(4-3-11-20-9-1-2-10-20)19-16-5-7-17(8-6-16)21-12-14-23-15-13-21/h1-2,5-10H,3-4,11-15H2,(H,19,22). The summed E-state index contributed by atoms with van der Waals surface area (Å²) in [7, 11) is 0. The quantitative estimate of drug-likeness (QED) is 0.892. The second kappa shape index (κ2) is 7.83. The van der Waals surface area contributed by atoms with Crippen LogP contribution >= 0.6 is 0 Å². The Morgan fingerprint density at radius 1 is 1.09 bits per heavy atom. The van der Waals surface area contributed by atoms with E-state index in [1.54, 1.807) is 0 Å². The minimum absolute atomic E-state index is 0.0660. The van der Waals surface area contributed by atoms with Crippen molar-refractivity contribution in [2.45, 2.75) is 19.4 Å². The van der Waals surface area contributed by atoms with Crippen molar-refractivity contribution in [2.24, 2.45) is 0 Å². The van der Waals surface area contributed by atoms with Gasteiger partial charge in [-0.3, -0.25) is 4.79 Å². The summed E-state index contributed by atoms with van der Waals surface area (Å²) in [6.45, 7) is 4.27. The summed E-state index contributed by atoms with van der Waals surface area (Å²) in [5.41, 5.74) is 2.03. The van der Waals surface area contributed by atoms with Gasteiger partial charge in [-0.25, -0.2) is 0 Å². The molecule has 5 heteroatoms. The Kier molecular flexibility index (Phi) is 5.32. The fourth-order valence-electron chi connectivity index (χ4n) is 2.74. The van der Waals surface area contributed by atoms with Gasteiger partial charge < -0.3 is 19.5 Å². The molecule has 1 fully saturated rings. The molecule has 122 valence electrons. The van der Waals surface area contributed by atoms with Crippen LogP contribution in [0.15, 0.2) is 48.8 Å². The molecule has 0 aliphatic carbocycles. The van der Waals surface area contributed by atoms with E-state index in [4.69, 9.17) is 4.74 Å². The van der Waals surface area contributed by atoms with Crippen LogP contribution in [-0.4, -0.2) is 36.8 Å². The fraction of sp³-hybridized carbons (Fsp3) is 0.389. The number of nitrogens with zero attached hydrogens (tertiary/aromatic N) is 2. The molecule has 0 spiro atoms. The zero-order chi connectivity index (χ0) is 15.9. The number of nitrogens with one attached hydrogen (secondary N) is 1. The van der Waals surface area contributed by atoms with Crippen LogP contribution in [0.5, 0.6) is 0 Å². The molecule has 1 N–H and O–H groups in total. The second-order valence-corrected chi connectivity index (χ2v) is 5.72. The highest BCUT2D eigenvalue weighted by atomic mass is 16.5. The first kappa shape index (κ1) is 15.6. The number of morpholine rings is 1. The number of carbonyl (C=O) groups excluding carboxylic acids is 1. The first-order chi connectivity index (χ1) is 11.3. The van der Waals surface area contributed by atoms with Crippen LogP contribution in [-0.2, 0) is 16.1 Å². The van der Waals surface area contributed by atoms with Crippen molar-refractivity contribution in [3.63, 3.8) is 0 Å². The van der Waals surface area contributed by atoms with E-state index in [2.05, 4.69) is 26.9 Å². The summed E-state index contributed by atoms with van der Waals surface area (Å²) < 4.78 is 7.45. The minimum atomic E-state index is 0.0660. The molecule has 0 radical (unpaired) electrons. The minimum Gasteiger partial charge on any atom is -0.378 e. The summed E-state index contributed by atoms with van der Waals surface area (Å²) in [6.07, 6.45) is 5.40. The smallest absolute Gasteiger partial charge is 0.224 e. The SMILES string of the molecule is O=C(CCCn1cccc1)Nc1ccc(N2CCOCC2)cc1. The molecule has 0 atom stereocenters. The number of hydrogen-bond acceptors (Lipinski definition) is 3. The van der Waals surface area contributed by atoms with Gasteiger partial charge in [-0.15, -0.1) is 0 Å². The van der Waals surface area contributed by atoms with Crippen LogP contribution in [0.2, 0.25) is 0 Å². The lowest BCUT2D eigenvalue weighted by Crippen LogP contribution is -2.36. The average Bonchev–Trinajstić information content (AvgIpc) is 3.10. The van der Waals surface area contributed by atoms with E-state index in [9.17, 15) is 4.79 Å². The molecule has 1 saturated heterocycles. The van der Waals surface area contributed by atoms with Crippen LogP contribution in [0.4, 0.5) is 11.4 Å². The number of rotatable bonds is 6. The maximum atomic E-state index is 12.0. The molecule has 2 aromatic rings. The molecular weight excluding hydrogens is 290 g/mol. The Hall–Kier alpha value is -2.27. The summed E-state index contributed by atoms with van der Waals surface area (Å²) in [6, 6.07) is 12.0. The van der Waals surface area contributed by atoms with E-state index in [0.29, 0.717) is 6.42 Å². The molecule has 2 heterocycles. The van der Waals surface area contributed by atoms with E-state index < -0.39 is 0 Å². The summed E-state index contributed by atoms with van der Waals surface area (Å²) in [5, 5.41) is 2.96. The summed E-state index contributed by atoms with van der Waals surface area (Å²) >= 11 is 0. The fourth-order valence-corrected chi connectivity index (χ4v) is 2.74. The second-order valence-electron chi connectivity index (χ2n) is 5.72. The average molecular weight is 313 g/mol. The molecule has 0 saturated carbocycles. The highest BCUT2D eigenvalue weighted by molar-refractivity contribution is 5.90. The van der Waals surface area contributed by atoms with E-state index in [1.807, 2.05) is 36.7 Å². The van der Waals surface area contributed by atoms with Crippen LogP contribution in [0, 0.1) is 0 Å². The van der Waals surface area contributed by atoms with Gasteiger partial charge in [0.05, 0.1) is 13.2 Å². The van der Waals surface area contributed by atoms with Gasteiger partial charge in [0.15, 0.2) is 0 Å². The molecule has 0 bridgehead atoms. The van der Waals surface area contributed by atoms with Gasteiger partial charge >= 0.3 is 0 Å². The van der Waals surface area contributed by atoms with Gasteiger partial charge in [0, 0.05) is 49.8 Å². The molecular formula is C18H23N3O2. The molecule has 0 unspecified atom stereocenters. The summed E-state index contributed by atoms with van der Waals surface area (Å²) in [4.78, 5) is 14.3. The van der Waals surface area contributed by atoms with E-state index in [0.717, 1.165) is 45.0 Å². The first-order valence-corrected chi connectivity index (χ1v) is 8.15. The van der Waals surface area contributed by atoms with Gasteiger partial charge in [-0.2, -0.15) is 0 Å². The lowest BCUT2D eigenvalue weighted by atomic mass is 10.2. The van der Waals surface area contributed by atoms with Crippen LogP contribution in [0.25, 0.3) is 0 Å². The van der Waals surface area contributed by atoms with Gasteiger partial charge in [0.2, 0.25) is 5.91 Å². The topological polar surface area (TPSA) is 46.5 Å². The molecule has 1 aromatic heterocycles. The maximum Gasteiger partial charge on any atom is 0.224 e. The lowest BCUT2D eigenvalue weighted by Gasteiger charge is -2.28. The number of aryl methyl sites for hydroxylation is 1. The van der Waals surface area contributed by atoms with E-state index in [-0.39, 0.29) is 5.91 Å². The van der Waals surface area contributed by atoms with Crippen molar-refractivity contribution in [2.75, 3.05) is 36.5 Å². The monoisotopic (exact) mass is 313 g/mol. The summed E-state index contributed by atoms with van der Waals surface area (Å²) in [5.74, 6) is 0.0660. The van der Waals surface area contributed by atoms with E-state index >= 15 is 0 Å². The third-order valence-corrected chi connectivity index (χ3v) is 4.01. The zero-order valence-electron chi connectivity index (χ0n) is 13.3. The molecule has 23 heavy (non-hydrogen) atoms. The lowest BCUT2D eigenvalue weighted by molar-refractivity contribution is -0.116. The van der Waals surface area contributed by atoms with Crippen molar-refractivity contribution in [3.8, 4) is 0 Å². The predicted octanol–water partition coefficient (Wildman–Crippen LogP) is 2.74. The van der Waals surface area contributed by atoms with Gasteiger partial charge in [-0.05, 0) is 42.8 Å². The van der Waals surface area contributed by atoms with Crippen molar-refractivity contribution in [1.82, 2.24) is 4.57 Å². The van der Waals surface area contributed by atoms with Crippen LogP contribution in [0.1, 0.15) is 12.8 Å². The number of hydrogen-bond donors (Lipinski definition) is 1. The highest BCUT2D eigenvalue weighted by Crippen LogP contribution is 2.19. The van der Waals surface area contributed by atoms with Gasteiger partial charge in [0.1, 0.15) is 0 Å². The Balaban J connectivity index is 1.44. The first-order valence-electron chi connectivity index (χ1n) is 8.15. The van der Waals surface area contributed by atoms with Crippen molar-refractivity contribution < 1.29 is 9.53 Å². The number of amides is 1. The zero-order valence-corrected chi connectivity index (χ0v) is 13.3. The maximum absolute atomic E-state index is 12.0. The molecule has 3 rings (SSSR count). The third-order valence-electron chi connectivity index (χ3n) is 4.01. The molecule has 1 aliphatic rings. The van der Waals surface area contributed by atoms with Crippen LogP contribution < -0.4 is 10.2 Å². The molecule has 1 amide bonds. The number of ether oxygens (including phenoxy) is 1. The molecule has 1 aliphatic heterocycles. The van der Waals surface area contributed by atoms with Gasteiger partial charge in [0.25, 0.3) is 0 Å². The van der Waals surface area contributed by atoms with Crippen LogP contribution in [0.3, 0.4) is 0 Å². The predicted molar refractivity (Wildman–Crippen MR) is 91.8 cm³/mol. The largest absolute Gasteiger partial charge is 0.378 e. The highest BCUT2D eigenvalue weighted by Gasteiger charge is 2.11. The number of anilines is 2. The van der Waals surface area contributed by atoms with E-state index in [1.165, 1.54) is 5.69 Å². The Morgan fingerprint density at radius 2 is 1.78 bits per heavy atom. The molecule has 1 aromatic carbocycles. The van der Waals surface area contributed by atoms with Crippen molar-refractivity contribution in [1.29, 1.82) is 0 Å². The van der Waals surface area contributed by atoms with Crippen molar-refractivity contribution >= 4 is 17.3 Å². The Labute approximate surface area is 136 Å². The number of benzene rings is 1. The number of aromatic nitrogens is 1. The third kappa shape index (κ3) is 4.60. The van der Waals surface area contributed by atoms with Crippen molar-refractivity contribution in [3.05, 3.63) is 48.8 Å². The van der Waals surface area contributed by atoms with Gasteiger partial charge in [-0.1, -0.05) is 0 Å².